The van der Waals surface area contributed by atoms with E-state index in [1.807, 2.05) is 0 Å². The van der Waals surface area contributed by atoms with E-state index in [-0.39, 0.29) is 0 Å². The molecule has 0 aromatic heterocycles. The van der Waals surface area contributed by atoms with Gasteiger partial charge in [-0.1, -0.05) is 38.5 Å². The third kappa shape index (κ3) is 5.51. The van der Waals surface area contributed by atoms with E-state index in [1.54, 1.807) is 0 Å². The summed E-state index contributed by atoms with van der Waals surface area (Å²) in [5.41, 5.74) is 8.26. The van der Waals surface area contributed by atoms with Crippen molar-refractivity contribution in [3.63, 3.8) is 0 Å². The van der Waals surface area contributed by atoms with Gasteiger partial charge in [0.05, 0.1) is 0 Å². The maximum absolute atomic E-state index is 5.80. The zero-order chi connectivity index (χ0) is 10.3. The molecule has 1 unspecified atom stereocenters. The van der Waals surface area contributed by atoms with Gasteiger partial charge >= 0.3 is 0 Å². The van der Waals surface area contributed by atoms with Crippen molar-refractivity contribution in [2.24, 2.45) is 11.7 Å². The fraction of sp³-hybridized carbons (Fsp3) is 0.667. The summed E-state index contributed by atoms with van der Waals surface area (Å²) in [6.45, 7) is 8.66. The Morgan fingerprint density at radius 2 is 1.77 bits per heavy atom. The molecule has 0 bridgehead atoms. The molecule has 1 heteroatoms. The SMILES string of the molecule is CC/C(N)=C/C(/C=C(\C)CC)CC. The lowest BCUT2D eigenvalue weighted by atomic mass is 10.0. The van der Waals surface area contributed by atoms with Crippen molar-refractivity contribution in [2.75, 3.05) is 0 Å². The molecule has 0 amide bonds. The van der Waals surface area contributed by atoms with Gasteiger partial charge < -0.3 is 5.73 Å². The standard InChI is InChI=1S/C12H23N/c1-5-10(4)8-11(6-2)9-12(13)7-3/h8-9,11H,5-7,13H2,1-4H3/b10-8+,12-9-. The van der Waals surface area contributed by atoms with E-state index in [4.69, 9.17) is 5.73 Å². The summed E-state index contributed by atoms with van der Waals surface area (Å²) >= 11 is 0. The van der Waals surface area contributed by atoms with E-state index in [0.29, 0.717) is 5.92 Å². The van der Waals surface area contributed by atoms with Gasteiger partial charge in [0.1, 0.15) is 0 Å². The third-order valence-corrected chi connectivity index (χ3v) is 2.36. The van der Waals surface area contributed by atoms with Gasteiger partial charge in [-0.05, 0) is 32.1 Å². The summed E-state index contributed by atoms with van der Waals surface area (Å²) in [5.74, 6) is 0.528. The van der Waals surface area contributed by atoms with Gasteiger partial charge in [-0.25, -0.2) is 0 Å². The summed E-state index contributed by atoms with van der Waals surface area (Å²) in [4.78, 5) is 0. The van der Waals surface area contributed by atoms with Crippen LogP contribution in [0.5, 0.6) is 0 Å². The quantitative estimate of drug-likeness (QED) is 0.644. The second kappa shape index (κ2) is 6.76. The highest BCUT2D eigenvalue weighted by atomic mass is 14.6. The molecule has 0 aromatic carbocycles. The Morgan fingerprint density at radius 3 is 2.15 bits per heavy atom. The molecule has 1 nitrogen and oxygen atoms in total. The number of rotatable bonds is 5. The summed E-state index contributed by atoms with van der Waals surface area (Å²) < 4.78 is 0. The fourth-order valence-corrected chi connectivity index (χ4v) is 1.16. The topological polar surface area (TPSA) is 26.0 Å². The van der Waals surface area contributed by atoms with E-state index < -0.39 is 0 Å². The average Bonchev–Trinajstić information content (AvgIpc) is 2.16. The Labute approximate surface area is 82.7 Å². The molecule has 13 heavy (non-hydrogen) atoms. The Hall–Kier alpha value is -0.720. The number of nitrogens with two attached hydrogens (primary N) is 1. The van der Waals surface area contributed by atoms with E-state index >= 15 is 0 Å². The molecule has 76 valence electrons. The second-order valence-corrected chi connectivity index (χ2v) is 3.53. The van der Waals surface area contributed by atoms with Crippen LogP contribution >= 0.6 is 0 Å². The van der Waals surface area contributed by atoms with Crippen LogP contribution in [0, 0.1) is 5.92 Å². The van der Waals surface area contributed by atoms with Gasteiger partial charge in [0.15, 0.2) is 0 Å². The minimum absolute atomic E-state index is 0.528. The first-order chi connectivity index (χ1) is 6.13. The highest BCUT2D eigenvalue weighted by Gasteiger charge is 1.99. The first kappa shape index (κ1) is 12.3. The van der Waals surface area contributed by atoms with Crippen LogP contribution in [0.4, 0.5) is 0 Å². The summed E-state index contributed by atoms with van der Waals surface area (Å²) in [6, 6.07) is 0. The monoisotopic (exact) mass is 181 g/mol. The van der Waals surface area contributed by atoms with Crippen molar-refractivity contribution in [2.45, 2.75) is 47.0 Å². The highest BCUT2D eigenvalue weighted by molar-refractivity contribution is 5.10. The van der Waals surface area contributed by atoms with Crippen molar-refractivity contribution in [3.05, 3.63) is 23.4 Å². The number of allylic oxidation sites excluding steroid dienone is 4. The zero-order valence-electron chi connectivity index (χ0n) is 9.43. The molecule has 0 heterocycles. The molecule has 0 fully saturated rings. The maximum Gasteiger partial charge on any atom is 0.00431 e. The summed E-state index contributed by atoms with van der Waals surface area (Å²) in [7, 11) is 0. The number of hydrogen-bond acceptors (Lipinski definition) is 1. The molecule has 1 atom stereocenters. The first-order valence-electron chi connectivity index (χ1n) is 5.27. The lowest BCUT2D eigenvalue weighted by Crippen LogP contribution is -2.00. The molecule has 0 aliphatic rings. The van der Waals surface area contributed by atoms with Crippen LogP contribution in [0.25, 0.3) is 0 Å². The van der Waals surface area contributed by atoms with Crippen molar-refractivity contribution < 1.29 is 0 Å². The van der Waals surface area contributed by atoms with Gasteiger partial charge in [-0.2, -0.15) is 0 Å². The van der Waals surface area contributed by atoms with Crippen LogP contribution < -0.4 is 5.73 Å². The smallest absolute Gasteiger partial charge is 0.00431 e. The van der Waals surface area contributed by atoms with Crippen LogP contribution in [-0.2, 0) is 0 Å². The van der Waals surface area contributed by atoms with Gasteiger partial charge in [-0.15, -0.1) is 0 Å². The molecular weight excluding hydrogens is 158 g/mol. The zero-order valence-corrected chi connectivity index (χ0v) is 9.43. The third-order valence-electron chi connectivity index (χ3n) is 2.36. The summed E-state index contributed by atoms with van der Waals surface area (Å²) in [6.07, 6.45) is 7.73. The molecule has 0 aromatic rings. The molecule has 0 spiro atoms. The Balaban J connectivity index is 4.35. The Bertz CT molecular complexity index is 169. The van der Waals surface area contributed by atoms with Crippen LogP contribution in [0.15, 0.2) is 23.4 Å². The van der Waals surface area contributed by atoms with E-state index in [2.05, 4.69) is 39.8 Å². The van der Waals surface area contributed by atoms with Crippen molar-refractivity contribution in [1.29, 1.82) is 0 Å². The molecule has 0 saturated carbocycles. The van der Waals surface area contributed by atoms with E-state index in [9.17, 15) is 0 Å². The minimum atomic E-state index is 0.528. The largest absolute Gasteiger partial charge is 0.402 e. The Kier molecular flexibility index (Phi) is 6.38. The van der Waals surface area contributed by atoms with Crippen molar-refractivity contribution in [3.8, 4) is 0 Å². The van der Waals surface area contributed by atoms with Gasteiger partial charge in [-0.3, -0.25) is 0 Å². The molecule has 0 rings (SSSR count). The maximum atomic E-state index is 5.80. The molecule has 0 aliphatic heterocycles. The van der Waals surface area contributed by atoms with Gasteiger partial charge in [0, 0.05) is 5.70 Å². The van der Waals surface area contributed by atoms with Gasteiger partial charge in [0.25, 0.3) is 0 Å². The van der Waals surface area contributed by atoms with Crippen LogP contribution in [-0.4, -0.2) is 0 Å². The highest BCUT2D eigenvalue weighted by Crippen LogP contribution is 2.13. The van der Waals surface area contributed by atoms with E-state index in [1.165, 1.54) is 5.57 Å². The Morgan fingerprint density at radius 1 is 1.15 bits per heavy atom. The van der Waals surface area contributed by atoms with Gasteiger partial charge in [0.2, 0.25) is 0 Å². The molecule has 2 N–H and O–H groups in total. The second-order valence-electron chi connectivity index (χ2n) is 3.53. The summed E-state index contributed by atoms with van der Waals surface area (Å²) in [5, 5.41) is 0. The molecule has 0 radical (unpaired) electrons. The van der Waals surface area contributed by atoms with Crippen LogP contribution in [0.1, 0.15) is 47.0 Å². The van der Waals surface area contributed by atoms with Crippen molar-refractivity contribution in [1.82, 2.24) is 0 Å². The molecule has 0 saturated heterocycles. The predicted octanol–water partition coefficient (Wildman–Crippen LogP) is 3.62. The van der Waals surface area contributed by atoms with Crippen LogP contribution in [0.3, 0.4) is 0 Å². The molecular formula is C12H23N. The minimum Gasteiger partial charge on any atom is -0.402 e. The normalized spacial score (nSPS) is 16.0. The number of hydrogen-bond donors (Lipinski definition) is 1. The lowest BCUT2D eigenvalue weighted by Gasteiger charge is -2.07. The fourth-order valence-electron chi connectivity index (χ4n) is 1.16. The van der Waals surface area contributed by atoms with Crippen molar-refractivity contribution >= 4 is 0 Å². The van der Waals surface area contributed by atoms with E-state index in [0.717, 1.165) is 25.0 Å². The lowest BCUT2D eigenvalue weighted by molar-refractivity contribution is 0.750. The average molecular weight is 181 g/mol. The first-order valence-corrected chi connectivity index (χ1v) is 5.27. The molecule has 0 aliphatic carbocycles. The predicted molar refractivity (Wildman–Crippen MR) is 60.4 cm³/mol. The van der Waals surface area contributed by atoms with Crippen LogP contribution in [0.2, 0.25) is 0 Å².